The van der Waals surface area contributed by atoms with Crippen molar-refractivity contribution in [3.63, 3.8) is 0 Å². The maximum Gasteiger partial charge on any atom is 0.140 e. The van der Waals surface area contributed by atoms with Crippen LogP contribution in [0.1, 0.15) is 24.8 Å². The Morgan fingerprint density at radius 2 is 1.72 bits per heavy atom. The summed E-state index contributed by atoms with van der Waals surface area (Å²) in [5.41, 5.74) is 4.28. The highest BCUT2D eigenvalue weighted by molar-refractivity contribution is 6.42. The predicted molar refractivity (Wildman–Crippen MR) is 106 cm³/mol. The van der Waals surface area contributed by atoms with Crippen LogP contribution in [0.2, 0.25) is 10.0 Å². The van der Waals surface area contributed by atoms with Crippen molar-refractivity contribution in [3.05, 3.63) is 52.3 Å². The van der Waals surface area contributed by atoms with Gasteiger partial charge < -0.3 is 4.90 Å². The van der Waals surface area contributed by atoms with Crippen LogP contribution in [0.3, 0.4) is 0 Å². The standard InChI is InChI=1S/C20H19Cl2N3/c1-13-5-7-15(14-6-8-16(21)17(22)11-14)18-19(13)23-12-24-20(18)25-9-3-2-4-10-25/h5-8,11-12H,2-4,9-10H2,1H3. The van der Waals surface area contributed by atoms with Crippen LogP contribution in [0.25, 0.3) is 22.0 Å². The van der Waals surface area contributed by atoms with Crippen LogP contribution in [0.15, 0.2) is 36.7 Å². The van der Waals surface area contributed by atoms with Gasteiger partial charge in [0.15, 0.2) is 0 Å². The maximum absolute atomic E-state index is 6.26. The minimum Gasteiger partial charge on any atom is -0.356 e. The minimum atomic E-state index is 0.560. The minimum absolute atomic E-state index is 0.560. The van der Waals surface area contributed by atoms with Gasteiger partial charge in [-0.05, 0) is 55.0 Å². The second-order valence-corrected chi connectivity index (χ2v) is 7.34. The quantitative estimate of drug-likeness (QED) is 0.561. The van der Waals surface area contributed by atoms with Crippen LogP contribution < -0.4 is 4.90 Å². The van der Waals surface area contributed by atoms with E-state index in [1.165, 1.54) is 19.3 Å². The third kappa shape index (κ3) is 3.07. The van der Waals surface area contributed by atoms with Gasteiger partial charge >= 0.3 is 0 Å². The van der Waals surface area contributed by atoms with Crippen molar-refractivity contribution >= 4 is 39.9 Å². The number of hydrogen-bond donors (Lipinski definition) is 0. The first kappa shape index (κ1) is 16.6. The highest BCUT2D eigenvalue weighted by atomic mass is 35.5. The fraction of sp³-hybridized carbons (Fsp3) is 0.300. The molecule has 1 aromatic heterocycles. The molecule has 2 aromatic carbocycles. The number of halogens is 2. The fourth-order valence-corrected chi connectivity index (χ4v) is 3.84. The van der Waals surface area contributed by atoms with Gasteiger partial charge in [-0.3, -0.25) is 0 Å². The topological polar surface area (TPSA) is 29.0 Å². The molecule has 0 N–H and O–H groups in total. The Morgan fingerprint density at radius 3 is 2.48 bits per heavy atom. The number of aryl methyl sites for hydroxylation is 1. The van der Waals surface area contributed by atoms with Crippen LogP contribution in [-0.4, -0.2) is 23.1 Å². The molecule has 128 valence electrons. The number of piperidine rings is 1. The lowest BCUT2D eigenvalue weighted by Crippen LogP contribution is -2.30. The second-order valence-electron chi connectivity index (χ2n) is 6.53. The Bertz CT molecular complexity index is 934. The highest BCUT2D eigenvalue weighted by Crippen LogP contribution is 2.37. The fourth-order valence-electron chi connectivity index (χ4n) is 3.54. The highest BCUT2D eigenvalue weighted by Gasteiger charge is 2.19. The van der Waals surface area contributed by atoms with E-state index in [1.807, 2.05) is 18.2 Å². The van der Waals surface area contributed by atoms with Gasteiger partial charge in [-0.25, -0.2) is 9.97 Å². The molecule has 3 nitrogen and oxygen atoms in total. The van der Waals surface area contributed by atoms with Gasteiger partial charge in [0.1, 0.15) is 12.1 Å². The van der Waals surface area contributed by atoms with Crippen molar-refractivity contribution in [1.29, 1.82) is 0 Å². The molecule has 0 atom stereocenters. The van der Waals surface area contributed by atoms with E-state index >= 15 is 0 Å². The number of rotatable bonds is 2. The zero-order valence-corrected chi connectivity index (χ0v) is 15.6. The van der Waals surface area contributed by atoms with E-state index < -0.39 is 0 Å². The lowest BCUT2D eigenvalue weighted by Gasteiger charge is -2.29. The van der Waals surface area contributed by atoms with E-state index in [0.29, 0.717) is 10.0 Å². The summed E-state index contributed by atoms with van der Waals surface area (Å²) < 4.78 is 0. The normalized spacial score (nSPS) is 14.9. The smallest absolute Gasteiger partial charge is 0.140 e. The van der Waals surface area contributed by atoms with Gasteiger partial charge in [0.25, 0.3) is 0 Å². The van der Waals surface area contributed by atoms with Crippen molar-refractivity contribution in [2.75, 3.05) is 18.0 Å². The molecule has 1 aliphatic rings. The molecule has 0 bridgehead atoms. The number of hydrogen-bond acceptors (Lipinski definition) is 3. The molecule has 0 amide bonds. The Balaban J connectivity index is 1.97. The molecular formula is C20H19Cl2N3. The summed E-state index contributed by atoms with van der Waals surface area (Å²) >= 11 is 12.4. The molecule has 2 heterocycles. The molecule has 0 saturated carbocycles. The first-order valence-corrected chi connectivity index (χ1v) is 9.35. The lowest BCUT2D eigenvalue weighted by molar-refractivity contribution is 0.574. The third-order valence-electron chi connectivity index (χ3n) is 4.86. The molecule has 4 rings (SSSR count). The summed E-state index contributed by atoms with van der Waals surface area (Å²) in [6.45, 7) is 4.18. The molecule has 1 aliphatic heterocycles. The molecule has 5 heteroatoms. The second kappa shape index (κ2) is 6.81. The van der Waals surface area contributed by atoms with Gasteiger partial charge in [0, 0.05) is 13.1 Å². The average molecular weight is 372 g/mol. The zero-order valence-electron chi connectivity index (χ0n) is 14.1. The van der Waals surface area contributed by atoms with E-state index in [-0.39, 0.29) is 0 Å². The summed E-state index contributed by atoms with van der Waals surface area (Å²) in [6, 6.07) is 10.0. The maximum atomic E-state index is 6.26. The number of fused-ring (bicyclic) bond motifs is 1. The van der Waals surface area contributed by atoms with E-state index in [1.54, 1.807) is 6.33 Å². The van der Waals surface area contributed by atoms with Crippen molar-refractivity contribution < 1.29 is 0 Å². The third-order valence-corrected chi connectivity index (χ3v) is 5.60. The lowest BCUT2D eigenvalue weighted by atomic mass is 9.97. The van der Waals surface area contributed by atoms with Gasteiger partial charge in [0.05, 0.1) is 20.9 Å². The van der Waals surface area contributed by atoms with Gasteiger partial charge in [-0.15, -0.1) is 0 Å². The van der Waals surface area contributed by atoms with Crippen LogP contribution in [-0.2, 0) is 0 Å². The summed E-state index contributed by atoms with van der Waals surface area (Å²) in [7, 11) is 0. The number of aromatic nitrogens is 2. The molecule has 25 heavy (non-hydrogen) atoms. The average Bonchev–Trinajstić information content (AvgIpc) is 2.65. The summed E-state index contributed by atoms with van der Waals surface area (Å²) in [5, 5.41) is 2.22. The first-order valence-electron chi connectivity index (χ1n) is 8.60. The Morgan fingerprint density at radius 1 is 0.920 bits per heavy atom. The van der Waals surface area contributed by atoms with Crippen LogP contribution in [0.5, 0.6) is 0 Å². The SMILES string of the molecule is Cc1ccc(-c2ccc(Cl)c(Cl)c2)c2c(N3CCCCC3)ncnc12. The summed E-state index contributed by atoms with van der Waals surface area (Å²) in [6.07, 6.45) is 5.38. The van der Waals surface area contributed by atoms with Crippen molar-refractivity contribution in [2.45, 2.75) is 26.2 Å². The molecule has 0 spiro atoms. The molecule has 0 aliphatic carbocycles. The van der Waals surface area contributed by atoms with E-state index in [2.05, 4.69) is 33.9 Å². The van der Waals surface area contributed by atoms with Crippen LogP contribution in [0, 0.1) is 6.92 Å². The molecule has 1 fully saturated rings. The van der Waals surface area contributed by atoms with Crippen molar-refractivity contribution in [3.8, 4) is 11.1 Å². The molecule has 0 unspecified atom stereocenters. The number of nitrogens with zero attached hydrogens (tertiary/aromatic N) is 3. The van der Waals surface area contributed by atoms with E-state index in [9.17, 15) is 0 Å². The summed E-state index contributed by atoms with van der Waals surface area (Å²) in [4.78, 5) is 11.6. The molecule has 0 radical (unpaired) electrons. The Kier molecular flexibility index (Phi) is 4.53. The van der Waals surface area contributed by atoms with Gasteiger partial charge in [-0.1, -0.05) is 41.4 Å². The number of benzene rings is 2. The zero-order chi connectivity index (χ0) is 17.4. The van der Waals surface area contributed by atoms with Crippen LogP contribution in [0.4, 0.5) is 5.82 Å². The van der Waals surface area contributed by atoms with E-state index in [4.69, 9.17) is 23.2 Å². The van der Waals surface area contributed by atoms with Crippen LogP contribution >= 0.6 is 23.2 Å². The molecule has 3 aromatic rings. The van der Waals surface area contributed by atoms with Gasteiger partial charge in [0.2, 0.25) is 0 Å². The van der Waals surface area contributed by atoms with E-state index in [0.717, 1.165) is 46.5 Å². The first-order chi connectivity index (χ1) is 12.1. The monoisotopic (exact) mass is 371 g/mol. The Hall–Kier alpha value is -1.84. The molecule has 1 saturated heterocycles. The predicted octanol–water partition coefficient (Wildman–Crippen LogP) is 5.90. The largest absolute Gasteiger partial charge is 0.356 e. The van der Waals surface area contributed by atoms with Gasteiger partial charge in [-0.2, -0.15) is 0 Å². The van der Waals surface area contributed by atoms with Crippen molar-refractivity contribution in [1.82, 2.24) is 9.97 Å². The van der Waals surface area contributed by atoms with Crippen molar-refractivity contribution in [2.24, 2.45) is 0 Å². The summed E-state index contributed by atoms with van der Waals surface area (Å²) in [5.74, 6) is 1.02. The Labute approximate surface area is 157 Å². The number of anilines is 1. The molecular weight excluding hydrogens is 353 g/mol.